The zero-order valence-electron chi connectivity index (χ0n) is 22.1. The van der Waals surface area contributed by atoms with E-state index in [0.29, 0.717) is 17.9 Å². The van der Waals surface area contributed by atoms with E-state index in [1.807, 2.05) is 31.0 Å². The monoisotopic (exact) mass is 458 g/mol. The smallest absolute Gasteiger partial charge is 0.331 e. The first-order chi connectivity index (χ1) is 15.2. The molecule has 186 valence electrons. The number of carbonyl (C=O) groups is 2. The van der Waals surface area contributed by atoms with Crippen molar-refractivity contribution in [2.75, 3.05) is 0 Å². The third-order valence-corrected chi connectivity index (χ3v) is 7.70. The third kappa shape index (κ3) is 6.80. The van der Waals surface area contributed by atoms with Crippen LogP contribution in [0.25, 0.3) is 0 Å². The summed E-state index contributed by atoms with van der Waals surface area (Å²) in [6.45, 7) is 17.5. The largest absolute Gasteiger partial charge is 0.478 e. The van der Waals surface area contributed by atoms with E-state index in [-0.39, 0.29) is 22.8 Å². The first-order valence-corrected chi connectivity index (χ1v) is 12.6. The van der Waals surface area contributed by atoms with E-state index in [9.17, 15) is 14.7 Å². The number of amides is 1. The number of allylic oxidation sites excluding steroid dienone is 2. The molecule has 0 spiro atoms. The average Bonchev–Trinajstić information content (AvgIpc) is 2.69. The van der Waals surface area contributed by atoms with Gasteiger partial charge >= 0.3 is 5.97 Å². The molecule has 0 aliphatic heterocycles. The van der Waals surface area contributed by atoms with E-state index < -0.39 is 11.6 Å². The van der Waals surface area contributed by atoms with Crippen LogP contribution < -0.4 is 0 Å². The highest BCUT2D eigenvalue weighted by Crippen LogP contribution is 2.46. The van der Waals surface area contributed by atoms with Gasteiger partial charge in [-0.05, 0) is 86.3 Å². The van der Waals surface area contributed by atoms with Crippen molar-refractivity contribution in [3.8, 4) is 0 Å². The molecule has 0 saturated heterocycles. The average molecular weight is 459 g/mol. The Hall–Kier alpha value is -1.91. The fourth-order valence-corrected chi connectivity index (χ4v) is 5.60. The molecule has 0 aromatic carbocycles. The molecule has 0 radical (unpaired) electrons. The number of carbonyl (C=O) groups excluding carboxylic acids is 1. The van der Waals surface area contributed by atoms with E-state index in [1.165, 1.54) is 0 Å². The normalized spacial score (nSPS) is 27.6. The topological polar surface area (TPSA) is 70.0 Å². The summed E-state index contributed by atoms with van der Waals surface area (Å²) in [5.74, 6) is -0.312. The number of hydrogen-bond acceptors (Lipinski definition) is 3. The Morgan fingerprint density at radius 3 is 2.24 bits per heavy atom. The van der Waals surface area contributed by atoms with E-state index in [1.54, 1.807) is 6.08 Å². The molecule has 5 nitrogen and oxygen atoms in total. The fourth-order valence-electron chi connectivity index (χ4n) is 5.60. The Labute approximate surface area is 201 Å². The fraction of sp³-hybridized carbons (Fsp3) is 0.750. The van der Waals surface area contributed by atoms with Crippen molar-refractivity contribution < 1.29 is 14.7 Å². The summed E-state index contributed by atoms with van der Waals surface area (Å²) in [6, 6.07) is -0.0781. The van der Waals surface area contributed by atoms with Crippen molar-refractivity contribution in [3.05, 3.63) is 23.3 Å². The van der Waals surface area contributed by atoms with E-state index in [4.69, 9.17) is 4.99 Å². The van der Waals surface area contributed by atoms with Crippen LogP contribution in [0.1, 0.15) is 100 Å². The van der Waals surface area contributed by atoms with E-state index in [0.717, 1.165) is 50.5 Å². The van der Waals surface area contributed by atoms with Gasteiger partial charge in [0.2, 0.25) is 6.41 Å². The second kappa shape index (κ2) is 10.6. The molecule has 0 aromatic heterocycles. The third-order valence-electron chi connectivity index (χ3n) is 7.70. The summed E-state index contributed by atoms with van der Waals surface area (Å²) in [7, 11) is 0. The highest BCUT2D eigenvalue weighted by atomic mass is 16.4. The highest BCUT2D eigenvalue weighted by Gasteiger charge is 2.45. The van der Waals surface area contributed by atoms with Crippen LogP contribution in [0.2, 0.25) is 0 Å². The quantitative estimate of drug-likeness (QED) is 0.327. The number of carboxylic acid groups (broad SMARTS) is 1. The van der Waals surface area contributed by atoms with E-state index in [2.05, 4.69) is 41.5 Å². The van der Waals surface area contributed by atoms with Gasteiger partial charge < -0.3 is 10.0 Å². The SMILES string of the molecule is C/C=N\C1(N(C=O)C(CCC(C)(C)C)C2=CC=C(C(=O)O)C(C)C2)CCC(C(C)(C)C)CC1. The maximum absolute atomic E-state index is 12.7. The lowest BCUT2D eigenvalue weighted by atomic mass is 9.69. The molecule has 1 saturated carbocycles. The molecule has 2 unspecified atom stereocenters. The first-order valence-electron chi connectivity index (χ1n) is 12.6. The van der Waals surface area contributed by atoms with Gasteiger partial charge in [0.05, 0.1) is 6.04 Å². The van der Waals surface area contributed by atoms with Crippen LogP contribution in [0.15, 0.2) is 28.3 Å². The van der Waals surface area contributed by atoms with Crippen LogP contribution in [0.4, 0.5) is 0 Å². The summed E-state index contributed by atoms with van der Waals surface area (Å²) in [5, 5.41) is 9.52. The van der Waals surface area contributed by atoms with Crippen LogP contribution >= 0.6 is 0 Å². The van der Waals surface area contributed by atoms with Crippen LogP contribution in [-0.2, 0) is 9.59 Å². The molecule has 1 amide bonds. The van der Waals surface area contributed by atoms with Crippen molar-refractivity contribution in [3.63, 3.8) is 0 Å². The van der Waals surface area contributed by atoms with Gasteiger partial charge in [-0.15, -0.1) is 0 Å². The van der Waals surface area contributed by atoms with Gasteiger partial charge in [0.1, 0.15) is 5.66 Å². The Kier molecular flexibility index (Phi) is 8.75. The number of nitrogens with zero attached hydrogens (tertiary/aromatic N) is 2. The number of rotatable bonds is 8. The van der Waals surface area contributed by atoms with Gasteiger partial charge in [-0.1, -0.05) is 60.6 Å². The number of hydrogen-bond donors (Lipinski definition) is 1. The standard InChI is InChI=1S/C28H46N2O3/c1-9-29-28(16-12-22(13-17-28)27(6,7)8)30(19-31)24(14-15-26(3,4)5)21-10-11-23(25(32)33)20(2)18-21/h9-11,19-20,22,24H,12-18H2,1-8H3,(H,32,33)/b29-9-. The van der Waals surface area contributed by atoms with Crippen molar-refractivity contribution >= 4 is 18.6 Å². The van der Waals surface area contributed by atoms with Crippen molar-refractivity contribution in [1.82, 2.24) is 4.90 Å². The Morgan fingerprint density at radius 2 is 1.82 bits per heavy atom. The van der Waals surface area contributed by atoms with Gasteiger partial charge in [-0.25, -0.2) is 4.79 Å². The molecule has 2 rings (SSSR count). The number of aliphatic imine (C=N–C) groups is 1. The summed E-state index contributed by atoms with van der Waals surface area (Å²) in [6.07, 6.45) is 12.9. The molecular weight excluding hydrogens is 412 g/mol. The van der Waals surface area contributed by atoms with Gasteiger partial charge in [0.15, 0.2) is 0 Å². The van der Waals surface area contributed by atoms with Gasteiger partial charge in [0.25, 0.3) is 0 Å². The van der Waals surface area contributed by atoms with E-state index >= 15 is 0 Å². The Morgan fingerprint density at radius 1 is 1.21 bits per heavy atom. The van der Waals surface area contributed by atoms with Crippen molar-refractivity contribution in [2.24, 2.45) is 27.7 Å². The maximum atomic E-state index is 12.7. The molecule has 2 aliphatic carbocycles. The molecule has 2 atom stereocenters. The summed E-state index contributed by atoms with van der Waals surface area (Å²) in [4.78, 5) is 31.3. The summed E-state index contributed by atoms with van der Waals surface area (Å²) in [5.41, 5.74) is 1.45. The second-order valence-corrected chi connectivity index (χ2v) is 12.4. The lowest BCUT2D eigenvalue weighted by Crippen LogP contribution is -2.55. The molecule has 33 heavy (non-hydrogen) atoms. The lowest BCUT2D eigenvalue weighted by molar-refractivity contribution is -0.133. The second-order valence-electron chi connectivity index (χ2n) is 12.4. The minimum atomic E-state index is -0.858. The highest BCUT2D eigenvalue weighted by molar-refractivity contribution is 5.88. The van der Waals surface area contributed by atoms with Gasteiger partial charge in [-0.2, -0.15) is 0 Å². The molecule has 2 aliphatic rings. The minimum absolute atomic E-state index is 0.0737. The summed E-state index contributed by atoms with van der Waals surface area (Å²) < 4.78 is 0. The molecule has 0 bridgehead atoms. The minimum Gasteiger partial charge on any atom is -0.478 e. The molecule has 0 heterocycles. The van der Waals surface area contributed by atoms with Crippen LogP contribution in [-0.4, -0.2) is 40.3 Å². The van der Waals surface area contributed by atoms with Crippen LogP contribution in [0.5, 0.6) is 0 Å². The van der Waals surface area contributed by atoms with Gasteiger partial charge in [0, 0.05) is 5.57 Å². The first kappa shape index (κ1) is 27.3. The maximum Gasteiger partial charge on any atom is 0.331 e. The van der Waals surface area contributed by atoms with Crippen molar-refractivity contribution in [2.45, 2.75) is 112 Å². The Bertz CT molecular complexity index is 787. The van der Waals surface area contributed by atoms with Crippen LogP contribution in [0, 0.1) is 22.7 Å². The molecule has 5 heteroatoms. The zero-order chi connectivity index (χ0) is 25.0. The van der Waals surface area contributed by atoms with Crippen LogP contribution in [0.3, 0.4) is 0 Å². The lowest BCUT2D eigenvalue weighted by Gasteiger charge is -2.50. The molecule has 0 aromatic rings. The Balaban J connectivity index is 2.46. The molecule has 1 N–H and O–H groups in total. The predicted molar refractivity (Wildman–Crippen MR) is 136 cm³/mol. The van der Waals surface area contributed by atoms with Gasteiger partial charge in [-0.3, -0.25) is 9.79 Å². The summed E-state index contributed by atoms with van der Waals surface area (Å²) >= 11 is 0. The molecule has 1 fully saturated rings. The number of aliphatic carboxylic acids is 1. The number of carboxylic acids is 1. The molecular formula is C28H46N2O3. The van der Waals surface area contributed by atoms with Crippen molar-refractivity contribution in [1.29, 1.82) is 0 Å². The predicted octanol–water partition coefficient (Wildman–Crippen LogP) is 6.64. The zero-order valence-corrected chi connectivity index (χ0v) is 22.1.